The Kier molecular flexibility index (Phi) is 4.82. The van der Waals surface area contributed by atoms with Gasteiger partial charge in [-0.15, -0.1) is 6.42 Å². The Morgan fingerprint density at radius 1 is 1.08 bits per heavy atom. The quantitative estimate of drug-likeness (QED) is 0.413. The zero-order chi connectivity index (χ0) is 17.6. The molecule has 1 N–H and O–H groups in total. The zero-order valence-electron chi connectivity index (χ0n) is 13.4. The highest BCUT2D eigenvalue weighted by atomic mass is 16.6. The maximum Gasteiger partial charge on any atom is 0.269 e. The largest absolute Gasteiger partial charge is 0.481 e. The van der Waals surface area contributed by atoms with Crippen molar-refractivity contribution >= 4 is 22.1 Å². The molecule has 0 unspecified atom stereocenters. The van der Waals surface area contributed by atoms with Gasteiger partial charge in [0.2, 0.25) is 0 Å². The molecule has 3 rings (SSSR count). The molecule has 0 aliphatic carbocycles. The Labute approximate surface area is 145 Å². The smallest absolute Gasteiger partial charge is 0.269 e. The summed E-state index contributed by atoms with van der Waals surface area (Å²) in [4.78, 5) is 10.3. The second-order valence-electron chi connectivity index (χ2n) is 5.41. The number of nitro groups is 1. The van der Waals surface area contributed by atoms with Gasteiger partial charge in [-0.25, -0.2) is 0 Å². The minimum Gasteiger partial charge on any atom is -0.481 e. The van der Waals surface area contributed by atoms with E-state index in [1.807, 2.05) is 36.4 Å². The highest BCUT2D eigenvalue weighted by molar-refractivity contribution is 5.88. The van der Waals surface area contributed by atoms with Crippen molar-refractivity contribution in [2.75, 3.05) is 11.9 Å². The lowest BCUT2D eigenvalue weighted by atomic mass is 10.0. The molecule has 0 spiro atoms. The summed E-state index contributed by atoms with van der Waals surface area (Å²) in [7, 11) is 0. The van der Waals surface area contributed by atoms with E-state index in [1.54, 1.807) is 12.1 Å². The van der Waals surface area contributed by atoms with Gasteiger partial charge in [0.1, 0.15) is 12.4 Å². The van der Waals surface area contributed by atoms with Gasteiger partial charge in [0.15, 0.2) is 0 Å². The number of non-ortho nitro benzene ring substituents is 1. The van der Waals surface area contributed by atoms with Crippen LogP contribution < -0.4 is 10.1 Å². The Morgan fingerprint density at radius 3 is 2.56 bits per heavy atom. The van der Waals surface area contributed by atoms with Crippen LogP contribution in [-0.2, 0) is 6.54 Å². The molecule has 124 valence electrons. The fraction of sp³-hybridized carbons (Fsp3) is 0.100. The maximum absolute atomic E-state index is 10.7. The van der Waals surface area contributed by atoms with Crippen LogP contribution in [0.1, 0.15) is 5.56 Å². The first-order chi connectivity index (χ1) is 12.2. The van der Waals surface area contributed by atoms with Crippen molar-refractivity contribution in [1.29, 1.82) is 0 Å². The molecule has 5 nitrogen and oxygen atoms in total. The van der Waals surface area contributed by atoms with E-state index in [4.69, 9.17) is 11.2 Å². The predicted octanol–water partition coefficient (Wildman–Crippen LogP) is 4.37. The third-order valence-corrected chi connectivity index (χ3v) is 3.86. The van der Waals surface area contributed by atoms with E-state index in [1.165, 1.54) is 12.1 Å². The van der Waals surface area contributed by atoms with Crippen LogP contribution in [0.25, 0.3) is 10.8 Å². The van der Waals surface area contributed by atoms with Gasteiger partial charge >= 0.3 is 0 Å². The van der Waals surface area contributed by atoms with Crippen molar-refractivity contribution in [2.24, 2.45) is 0 Å². The standard InChI is InChI=1S/C20H16N2O3/c1-2-13-25-20-12-7-15-5-3-4-6-18(15)19(20)14-21-16-8-10-17(11-9-16)22(23)24/h1,3-12,21H,13-14H2. The minimum atomic E-state index is -0.416. The monoisotopic (exact) mass is 332 g/mol. The van der Waals surface area contributed by atoms with Crippen molar-refractivity contribution < 1.29 is 9.66 Å². The minimum absolute atomic E-state index is 0.0637. The number of hydrogen-bond acceptors (Lipinski definition) is 4. The molecule has 0 radical (unpaired) electrons. The van der Waals surface area contributed by atoms with Crippen LogP contribution in [0.5, 0.6) is 5.75 Å². The van der Waals surface area contributed by atoms with E-state index in [9.17, 15) is 10.1 Å². The molecule has 0 atom stereocenters. The van der Waals surface area contributed by atoms with Crippen LogP contribution >= 0.6 is 0 Å². The van der Waals surface area contributed by atoms with Gasteiger partial charge in [0, 0.05) is 29.9 Å². The number of nitrogens with zero attached hydrogens (tertiary/aromatic N) is 1. The molecule has 0 aliphatic heterocycles. The summed E-state index contributed by atoms with van der Waals surface area (Å²) in [6.07, 6.45) is 5.30. The first kappa shape index (κ1) is 16.3. The van der Waals surface area contributed by atoms with Crippen LogP contribution in [0.4, 0.5) is 11.4 Å². The van der Waals surface area contributed by atoms with Crippen molar-refractivity contribution in [3.8, 4) is 18.1 Å². The number of terminal acetylenes is 1. The molecule has 0 aliphatic rings. The normalized spacial score (nSPS) is 10.2. The van der Waals surface area contributed by atoms with Gasteiger partial charge in [-0.3, -0.25) is 10.1 Å². The average Bonchev–Trinajstić information content (AvgIpc) is 2.65. The first-order valence-corrected chi connectivity index (χ1v) is 7.74. The van der Waals surface area contributed by atoms with Crippen LogP contribution in [0.2, 0.25) is 0 Å². The summed E-state index contributed by atoms with van der Waals surface area (Å²) in [6.45, 7) is 0.710. The van der Waals surface area contributed by atoms with Crippen molar-refractivity contribution in [3.63, 3.8) is 0 Å². The molecule has 5 heteroatoms. The summed E-state index contributed by atoms with van der Waals surface area (Å²) >= 11 is 0. The molecule has 0 heterocycles. The van der Waals surface area contributed by atoms with E-state index in [-0.39, 0.29) is 12.3 Å². The number of anilines is 1. The summed E-state index contributed by atoms with van der Waals surface area (Å²) in [5.74, 6) is 3.20. The Hall–Kier alpha value is -3.52. The molecule has 0 fully saturated rings. The van der Waals surface area contributed by atoms with E-state index in [2.05, 4.69) is 11.2 Å². The van der Waals surface area contributed by atoms with E-state index < -0.39 is 4.92 Å². The lowest BCUT2D eigenvalue weighted by molar-refractivity contribution is -0.384. The zero-order valence-corrected chi connectivity index (χ0v) is 13.4. The van der Waals surface area contributed by atoms with Gasteiger partial charge in [-0.2, -0.15) is 0 Å². The molecule has 0 bridgehead atoms. The highest BCUT2D eigenvalue weighted by Gasteiger charge is 2.09. The fourth-order valence-electron chi connectivity index (χ4n) is 2.64. The van der Waals surface area contributed by atoms with E-state index >= 15 is 0 Å². The lowest BCUT2D eigenvalue weighted by Crippen LogP contribution is -2.04. The molecule has 3 aromatic carbocycles. The van der Waals surface area contributed by atoms with Crippen molar-refractivity contribution in [1.82, 2.24) is 0 Å². The Balaban J connectivity index is 1.88. The van der Waals surface area contributed by atoms with Crippen molar-refractivity contribution in [3.05, 3.63) is 76.3 Å². The summed E-state index contributed by atoms with van der Waals surface area (Å²) in [5, 5.41) is 16.2. The SMILES string of the molecule is C#CCOc1ccc2ccccc2c1CNc1ccc([N+](=O)[O-])cc1. The summed E-state index contributed by atoms with van der Waals surface area (Å²) in [6, 6.07) is 18.3. The molecule has 0 saturated carbocycles. The maximum atomic E-state index is 10.7. The Morgan fingerprint density at radius 2 is 1.84 bits per heavy atom. The number of nitrogens with one attached hydrogen (secondary N) is 1. The predicted molar refractivity (Wildman–Crippen MR) is 98.7 cm³/mol. The topological polar surface area (TPSA) is 64.4 Å². The second-order valence-corrected chi connectivity index (χ2v) is 5.41. The van der Waals surface area contributed by atoms with Crippen molar-refractivity contribution in [2.45, 2.75) is 6.54 Å². The summed E-state index contributed by atoms with van der Waals surface area (Å²) in [5.41, 5.74) is 1.85. The van der Waals surface area contributed by atoms with Crippen LogP contribution in [0.3, 0.4) is 0 Å². The average molecular weight is 332 g/mol. The first-order valence-electron chi connectivity index (χ1n) is 7.74. The number of rotatable bonds is 6. The van der Waals surface area contributed by atoms with Gasteiger partial charge in [-0.1, -0.05) is 36.3 Å². The van der Waals surface area contributed by atoms with Crippen LogP contribution in [0.15, 0.2) is 60.7 Å². The molecule has 0 saturated heterocycles. The number of benzene rings is 3. The van der Waals surface area contributed by atoms with Gasteiger partial charge in [0.25, 0.3) is 5.69 Å². The fourth-order valence-corrected chi connectivity index (χ4v) is 2.64. The third kappa shape index (κ3) is 3.70. The van der Waals surface area contributed by atoms with E-state index in [0.29, 0.717) is 6.54 Å². The second kappa shape index (κ2) is 7.37. The number of ether oxygens (including phenoxy) is 1. The molecule has 0 amide bonds. The third-order valence-electron chi connectivity index (χ3n) is 3.86. The van der Waals surface area contributed by atoms with Crippen LogP contribution in [0, 0.1) is 22.5 Å². The van der Waals surface area contributed by atoms with Gasteiger partial charge in [-0.05, 0) is 29.0 Å². The van der Waals surface area contributed by atoms with Gasteiger partial charge < -0.3 is 10.1 Å². The number of nitro benzene ring substituents is 1. The van der Waals surface area contributed by atoms with Crippen LogP contribution in [-0.4, -0.2) is 11.5 Å². The summed E-state index contributed by atoms with van der Waals surface area (Å²) < 4.78 is 5.67. The highest BCUT2D eigenvalue weighted by Crippen LogP contribution is 2.29. The Bertz CT molecular complexity index is 943. The molecule has 25 heavy (non-hydrogen) atoms. The van der Waals surface area contributed by atoms with Gasteiger partial charge in [0.05, 0.1) is 4.92 Å². The van der Waals surface area contributed by atoms with E-state index in [0.717, 1.165) is 27.8 Å². The molecular formula is C20H16N2O3. The number of fused-ring (bicyclic) bond motifs is 1. The molecule has 0 aromatic heterocycles. The lowest BCUT2D eigenvalue weighted by Gasteiger charge is -2.14. The number of hydrogen-bond donors (Lipinski definition) is 1. The molecular weight excluding hydrogens is 316 g/mol. The molecule has 3 aromatic rings.